The van der Waals surface area contributed by atoms with E-state index in [0.717, 1.165) is 35.1 Å². The first-order valence-corrected chi connectivity index (χ1v) is 8.26. The molecule has 1 aromatic rings. The highest BCUT2D eigenvalue weighted by atomic mass is 79.9. The lowest BCUT2D eigenvalue weighted by Crippen LogP contribution is -2.32. The van der Waals surface area contributed by atoms with E-state index < -0.39 is 0 Å². The molecular formula is C14H19Br2NO. The van der Waals surface area contributed by atoms with Crippen molar-refractivity contribution < 1.29 is 4.74 Å². The monoisotopic (exact) mass is 375 g/mol. The van der Waals surface area contributed by atoms with Crippen LogP contribution in [0.2, 0.25) is 0 Å². The summed E-state index contributed by atoms with van der Waals surface area (Å²) in [7, 11) is 0. The molecule has 100 valence electrons. The molecule has 0 radical (unpaired) electrons. The van der Waals surface area contributed by atoms with Crippen LogP contribution in [0, 0.1) is 5.92 Å². The molecular weight excluding hydrogens is 358 g/mol. The summed E-state index contributed by atoms with van der Waals surface area (Å²) in [5.74, 6) is 1.70. The molecule has 2 unspecified atom stereocenters. The lowest BCUT2D eigenvalue weighted by atomic mass is 10.0. The van der Waals surface area contributed by atoms with E-state index in [4.69, 9.17) is 4.74 Å². The van der Waals surface area contributed by atoms with Gasteiger partial charge in [-0.25, -0.2) is 0 Å². The number of halogens is 2. The molecule has 2 rings (SSSR count). The predicted octanol–water partition coefficient (Wildman–Crippen LogP) is 3.89. The highest BCUT2D eigenvalue weighted by molar-refractivity contribution is 9.10. The molecule has 2 atom stereocenters. The van der Waals surface area contributed by atoms with E-state index in [0.29, 0.717) is 12.0 Å². The number of hydrogen-bond donors (Lipinski definition) is 1. The van der Waals surface area contributed by atoms with Gasteiger partial charge in [-0.05, 0) is 30.5 Å². The van der Waals surface area contributed by atoms with Crippen molar-refractivity contribution in [3.05, 3.63) is 27.7 Å². The zero-order valence-electron chi connectivity index (χ0n) is 10.8. The second-order valence-electron chi connectivity index (χ2n) is 4.95. The van der Waals surface area contributed by atoms with Gasteiger partial charge in [-0.2, -0.15) is 0 Å². The maximum absolute atomic E-state index is 5.73. The molecule has 0 aliphatic carbocycles. The van der Waals surface area contributed by atoms with E-state index in [2.05, 4.69) is 63.2 Å². The Bertz CT molecular complexity index is 423. The van der Waals surface area contributed by atoms with Gasteiger partial charge in [-0.1, -0.05) is 38.8 Å². The van der Waals surface area contributed by atoms with Gasteiger partial charge in [-0.3, -0.25) is 0 Å². The van der Waals surface area contributed by atoms with Crippen LogP contribution in [0.1, 0.15) is 25.0 Å². The number of benzene rings is 1. The molecule has 0 spiro atoms. The Labute approximate surface area is 126 Å². The Kier molecular flexibility index (Phi) is 5.10. The van der Waals surface area contributed by atoms with Crippen molar-refractivity contribution in [1.29, 1.82) is 0 Å². The Balaban J connectivity index is 2.06. The second kappa shape index (κ2) is 6.40. The van der Waals surface area contributed by atoms with E-state index >= 15 is 0 Å². The minimum Gasteiger partial charge on any atom is -0.493 e. The smallest absolute Gasteiger partial charge is 0.127 e. The van der Waals surface area contributed by atoms with Gasteiger partial charge in [0.1, 0.15) is 5.75 Å². The van der Waals surface area contributed by atoms with Crippen LogP contribution in [-0.4, -0.2) is 18.0 Å². The van der Waals surface area contributed by atoms with E-state index in [1.54, 1.807) is 0 Å². The number of hydrogen-bond acceptors (Lipinski definition) is 2. The third-order valence-electron chi connectivity index (χ3n) is 3.54. The summed E-state index contributed by atoms with van der Waals surface area (Å²) < 4.78 is 6.88. The number of fused-ring (bicyclic) bond motifs is 1. The number of rotatable bonds is 5. The molecule has 1 heterocycles. The summed E-state index contributed by atoms with van der Waals surface area (Å²) in [6.07, 6.45) is 1.02. The Morgan fingerprint density at radius 2 is 2.17 bits per heavy atom. The van der Waals surface area contributed by atoms with Crippen LogP contribution < -0.4 is 10.1 Å². The summed E-state index contributed by atoms with van der Waals surface area (Å²) >= 11 is 7.11. The van der Waals surface area contributed by atoms with Crippen LogP contribution in [0.15, 0.2) is 16.6 Å². The minimum atomic E-state index is 0.486. The Hall–Kier alpha value is -0.0600. The standard InChI is InChI=1S/C14H19Br2NO/c1-9(7-15)10(2)17-8-12-6-13(16)5-11-3-4-18-14(11)12/h5-6,9-10,17H,3-4,7-8H2,1-2H3. The van der Waals surface area contributed by atoms with E-state index in [1.807, 2.05) is 0 Å². The van der Waals surface area contributed by atoms with E-state index in [-0.39, 0.29) is 0 Å². The number of alkyl halides is 1. The van der Waals surface area contributed by atoms with Gasteiger partial charge in [0.2, 0.25) is 0 Å². The summed E-state index contributed by atoms with van der Waals surface area (Å²) in [5, 5.41) is 4.60. The van der Waals surface area contributed by atoms with Gasteiger partial charge in [-0.15, -0.1) is 0 Å². The molecule has 4 heteroatoms. The summed E-state index contributed by atoms with van der Waals surface area (Å²) in [5.41, 5.74) is 2.58. The molecule has 0 bridgehead atoms. The molecule has 1 aromatic carbocycles. The average molecular weight is 377 g/mol. The highest BCUT2D eigenvalue weighted by Crippen LogP contribution is 2.33. The maximum Gasteiger partial charge on any atom is 0.127 e. The van der Waals surface area contributed by atoms with Crippen LogP contribution in [0.3, 0.4) is 0 Å². The lowest BCUT2D eigenvalue weighted by molar-refractivity contribution is 0.350. The topological polar surface area (TPSA) is 21.3 Å². The van der Waals surface area contributed by atoms with Gasteiger partial charge < -0.3 is 10.1 Å². The first-order chi connectivity index (χ1) is 8.61. The molecule has 0 aromatic heterocycles. The molecule has 0 saturated heterocycles. The first kappa shape index (κ1) is 14.4. The molecule has 0 fully saturated rings. The van der Waals surface area contributed by atoms with Gasteiger partial charge in [0, 0.05) is 34.4 Å². The van der Waals surface area contributed by atoms with Gasteiger partial charge in [0.15, 0.2) is 0 Å². The largest absolute Gasteiger partial charge is 0.493 e. The van der Waals surface area contributed by atoms with E-state index in [1.165, 1.54) is 11.1 Å². The van der Waals surface area contributed by atoms with Crippen molar-refractivity contribution >= 4 is 31.9 Å². The van der Waals surface area contributed by atoms with Crippen molar-refractivity contribution in [3.8, 4) is 5.75 Å². The average Bonchev–Trinajstić information content (AvgIpc) is 2.82. The molecule has 0 amide bonds. The number of nitrogens with one attached hydrogen (secondary N) is 1. The third kappa shape index (κ3) is 3.28. The molecule has 0 saturated carbocycles. The summed E-state index contributed by atoms with van der Waals surface area (Å²) in [6, 6.07) is 4.80. The Morgan fingerprint density at radius 3 is 2.89 bits per heavy atom. The summed E-state index contributed by atoms with van der Waals surface area (Å²) in [4.78, 5) is 0. The maximum atomic E-state index is 5.73. The van der Waals surface area contributed by atoms with Gasteiger partial charge in [0.05, 0.1) is 6.61 Å². The zero-order chi connectivity index (χ0) is 13.1. The zero-order valence-corrected chi connectivity index (χ0v) is 14.0. The van der Waals surface area contributed by atoms with Crippen molar-refractivity contribution in [2.75, 3.05) is 11.9 Å². The van der Waals surface area contributed by atoms with Crippen LogP contribution in [0.25, 0.3) is 0 Å². The SMILES string of the molecule is CC(CBr)C(C)NCc1cc(Br)cc2c1OCC2. The quantitative estimate of drug-likeness (QED) is 0.787. The minimum absolute atomic E-state index is 0.486. The molecule has 1 aliphatic heterocycles. The van der Waals surface area contributed by atoms with Crippen molar-refractivity contribution in [2.24, 2.45) is 5.92 Å². The van der Waals surface area contributed by atoms with Crippen molar-refractivity contribution in [2.45, 2.75) is 32.9 Å². The van der Waals surface area contributed by atoms with Gasteiger partial charge in [0.25, 0.3) is 0 Å². The van der Waals surface area contributed by atoms with Gasteiger partial charge >= 0.3 is 0 Å². The van der Waals surface area contributed by atoms with Crippen LogP contribution >= 0.6 is 31.9 Å². The lowest BCUT2D eigenvalue weighted by Gasteiger charge is -2.20. The molecule has 1 aliphatic rings. The third-order valence-corrected chi connectivity index (χ3v) is 5.02. The van der Waals surface area contributed by atoms with Crippen LogP contribution in [-0.2, 0) is 13.0 Å². The fraction of sp³-hybridized carbons (Fsp3) is 0.571. The van der Waals surface area contributed by atoms with Crippen LogP contribution in [0.4, 0.5) is 0 Å². The molecule has 2 nitrogen and oxygen atoms in total. The fourth-order valence-electron chi connectivity index (χ4n) is 2.08. The first-order valence-electron chi connectivity index (χ1n) is 6.35. The normalized spacial score (nSPS) is 17.1. The van der Waals surface area contributed by atoms with Crippen LogP contribution in [0.5, 0.6) is 5.75 Å². The summed E-state index contributed by atoms with van der Waals surface area (Å²) in [6.45, 7) is 6.14. The predicted molar refractivity (Wildman–Crippen MR) is 82.6 cm³/mol. The highest BCUT2D eigenvalue weighted by Gasteiger charge is 2.18. The molecule has 18 heavy (non-hydrogen) atoms. The van der Waals surface area contributed by atoms with E-state index in [9.17, 15) is 0 Å². The Morgan fingerprint density at radius 1 is 1.39 bits per heavy atom. The van der Waals surface area contributed by atoms with Crippen molar-refractivity contribution in [1.82, 2.24) is 5.32 Å². The van der Waals surface area contributed by atoms with Crippen molar-refractivity contribution in [3.63, 3.8) is 0 Å². The second-order valence-corrected chi connectivity index (χ2v) is 6.52. The number of ether oxygens (including phenoxy) is 1. The molecule has 1 N–H and O–H groups in total. The fourth-order valence-corrected chi connectivity index (χ4v) is 3.20.